The van der Waals surface area contributed by atoms with E-state index in [9.17, 15) is 17.6 Å². The maximum absolute atomic E-state index is 13.6. The van der Waals surface area contributed by atoms with Crippen LogP contribution in [0.25, 0.3) is 0 Å². The van der Waals surface area contributed by atoms with Gasteiger partial charge in [0.1, 0.15) is 10.7 Å². The molecule has 0 aromatic heterocycles. The molecule has 1 aromatic rings. The van der Waals surface area contributed by atoms with Crippen LogP contribution in [0, 0.1) is 12.7 Å². The predicted octanol–water partition coefficient (Wildman–Crippen LogP) is 1.80. The Morgan fingerprint density at radius 3 is 2.84 bits per heavy atom. The highest BCUT2D eigenvalue weighted by molar-refractivity contribution is 7.89. The molecule has 140 valence electrons. The number of hydrogen-bond acceptors (Lipinski definition) is 4. The summed E-state index contributed by atoms with van der Waals surface area (Å²) in [5, 5.41) is 2.58. The third-order valence-corrected chi connectivity index (χ3v) is 6.70. The number of amides is 1. The lowest BCUT2D eigenvalue weighted by atomic mass is 10.1. The molecule has 1 aliphatic rings. The summed E-state index contributed by atoms with van der Waals surface area (Å²) in [5.74, 6) is -0.755. The molecule has 1 heterocycles. The van der Waals surface area contributed by atoms with E-state index in [1.54, 1.807) is 0 Å². The fourth-order valence-electron chi connectivity index (χ4n) is 2.90. The lowest BCUT2D eigenvalue weighted by Gasteiger charge is -2.35. The number of aryl methyl sites for hydroxylation is 1. The molecule has 0 saturated carbocycles. The molecule has 0 radical (unpaired) electrons. The molecule has 1 aliphatic heterocycles. The molecule has 0 bridgehead atoms. The SMILES string of the molecule is Cc1cc(S(=O)(=O)N2CCCCC2CNC(=O)CCN)c(Cl)cc1F. The standard InChI is InChI=1S/C16H23ClFN3O3S/c1-11-8-15(13(17)9-14(11)18)25(23,24)21-7-3-2-4-12(21)10-20-16(22)5-6-19/h8-9,12H,2-7,10,19H2,1H3,(H,20,22). The van der Waals surface area contributed by atoms with Crippen LogP contribution in [0.2, 0.25) is 5.02 Å². The van der Waals surface area contributed by atoms with Gasteiger partial charge >= 0.3 is 0 Å². The molecule has 1 amide bonds. The van der Waals surface area contributed by atoms with Gasteiger partial charge in [0, 0.05) is 32.1 Å². The quantitative estimate of drug-likeness (QED) is 0.773. The third kappa shape index (κ3) is 4.69. The van der Waals surface area contributed by atoms with Gasteiger partial charge in [0.25, 0.3) is 0 Å². The number of sulfonamides is 1. The minimum Gasteiger partial charge on any atom is -0.354 e. The molecule has 1 fully saturated rings. The highest BCUT2D eigenvalue weighted by Crippen LogP contribution is 2.31. The van der Waals surface area contributed by atoms with E-state index in [2.05, 4.69) is 5.32 Å². The summed E-state index contributed by atoms with van der Waals surface area (Å²) in [6, 6.07) is 1.92. The number of halogens is 2. The normalized spacial score (nSPS) is 19.0. The number of carbonyl (C=O) groups excluding carboxylic acids is 1. The summed E-state index contributed by atoms with van der Waals surface area (Å²) in [4.78, 5) is 11.5. The van der Waals surface area contributed by atoms with Crippen molar-refractivity contribution in [2.24, 2.45) is 5.73 Å². The Morgan fingerprint density at radius 2 is 2.16 bits per heavy atom. The van der Waals surface area contributed by atoms with Gasteiger partial charge in [-0.05, 0) is 37.5 Å². The molecule has 9 heteroatoms. The van der Waals surface area contributed by atoms with E-state index in [4.69, 9.17) is 17.3 Å². The van der Waals surface area contributed by atoms with E-state index in [-0.39, 0.29) is 46.9 Å². The van der Waals surface area contributed by atoms with Crippen LogP contribution >= 0.6 is 11.6 Å². The minimum atomic E-state index is -3.88. The van der Waals surface area contributed by atoms with E-state index in [1.165, 1.54) is 17.3 Å². The number of hydrogen-bond donors (Lipinski definition) is 2. The molecule has 1 atom stereocenters. The molecule has 0 spiro atoms. The van der Waals surface area contributed by atoms with Gasteiger partial charge < -0.3 is 11.1 Å². The summed E-state index contributed by atoms with van der Waals surface area (Å²) in [6.07, 6.45) is 2.44. The predicted molar refractivity (Wildman–Crippen MR) is 94.4 cm³/mol. The molecule has 25 heavy (non-hydrogen) atoms. The van der Waals surface area contributed by atoms with Gasteiger partial charge in [0.2, 0.25) is 15.9 Å². The van der Waals surface area contributed by atoms with Gasteiger partial charge in [0.05, 0.1) is 5.02 Å². The zero-order valence-electron chi connectivity index (χ0n) is 14.1. The van der Waals surface area contributed by atoms with Crippen LogP contribution in [0.1, 0.15) is 31.2 Å². The Bertz CT molecular complexity index is 742. The Morgan fingerprint density at radius 1 is 1.44 bits per heavy atom. The molecular formula is C16H23ClFN3O3S. The number of carbonyl (C=O) groups is 1. The smallest absolute Gasteiger partial charge is 0.244 e. The Kier molecular flexibility index (Phi) is 6.79. The van der Waals surface area contributed by atoms with Crippen LogP contribution in [0.4, 0.5) is 4.39 Å². The summed E-state index contributed by atoms with van der Waals surface area (Å²) in [5.41, 5.74) is 5.56. The van der Waals surface area contributed by atoms with Crippen molar-refractivity contribution < 1.29 is 17.6 Å². The minimum absolute atomic E-state index is 0.103. The fourth-order valence-corrected chi connectivity index (χ4v) is 5.17. The molecule has 1 unspecified atom stereocenters. The number of rotatable bonds is 6. The number of nitrogens with zero attached hydrogens (tertiary/aromatic N) is 1. The van der Waals surface area contributed by atoms with Crippen molar-refractivity contribution in [2.75, 3.05) is 19.6 Å². The highest BCUT2D eigenvalue weighted by Gasteiger charge is 2.35. The summed E-state index contributed by atoms with van der Waals surface area (Å²) < 4.78 is 41.0. The van der Waals surface area contributed by atoms with Crippen molar-refractivity contribution in [1.82, 2.24) is 9.62 Å². The molecule has 3 N–H and O–H groups in total. The van der Waals surface area contributed by atoms with Gasteiger partial charge in [-0.1, -0.05) is 18.0 Å². The Labute approximate surface area is 152 Å². The maximum Gasteiger partial charge on any atom is 0.244 e. The van der Waals surface area contributed by atoms with Crippen molar-refractivity contribution in [3.8, 4) is 0 Å². The Balaban J connectivity index is 2.26. The number of piperidine rings is 1. The van der Waals surface area contributed by atoms with Crippen LogP contribution in [0.5, 0.6) is 0 Å². The van der Waals surface area contributed by atoms with Crippen LogP contribution in [-0.2, 0) is 14.8 Å². The van der Waals surface area contributed by atoms with Crippen molar-refractivity contribution in [2.45, 2.75) is 43.5 Å². The summed E-state index contributed by atoms with van der Waals surface area (Å²) in [6.45, 7) is 2.29. The molecule has 0 aliphatic carbocycles. The van der Waals surface area contributed by atoms with Crippen LogP contribution in [0.3, 0.4) is 0 Å². The second kappa shape index (κ2) is 8.44. The van der Waals surface area contributed by atoms with Crippen LogP contribution < -0.4 is 11.1 Å². The van der Waals surface area contributed by atoms with Crippen molar-refractivity contribution >= 4 is 27.5 Å². The average molecular weight is 392 g/mol. The second-order valence-electron chi connectivity index (χ2n) is 6.14. The average Bonchev–Trinajstić information content (AvgIpc) is 2.56. The summed E-state index contributed by atoms with van der Waals surface area (Å²) in [7, 11) is -3.88. The number of benzene rings is 1. The van der Waals surface area contributed by atoms with Crippen LogP contribution in [0.15, 0.2) is 17.0 Å². The van der Waals surface area contributed by atoms with Gasteiger partial charge in [-0.2, -0.15) is 4.31 Å². The lowest BCUT2D eigenvalue weighted by Crippen LogP contribution is -2.49. The van der Waals surface area contributed by atoms with Crippen molar-refractivity contribution in [3.05, 3.63) is 28.5 Å². The van der Waals surface area contributed by atoms with Crippen LogP contribution in [-0.4, -0.2) is 44.3 Å². The number of nitrogens with two attached hydrogens (primary N) is 1. The van der Waals surface area contributed by atoms with Gasteiger partial charge in [-0.15, -0.1) is 0 Å². The maximum atomic E-state index is 13.6. The fraction of sp³-hybridized carbons (Fsp3) is 0.562. The van der Waals surface area contributed by atoms with Crippen molar-refractivity contribution in [1.29, 1.82) is 0 Å². The van der Waals surface area contributed by atoms with Gasteiger partial charge in [0.15, 0.2) is 0 Å². The van der Waals surface area contributed by atoms with Gasteiger partial charge in [-0.3, -0.25) is 4.79 Å². The van der Waals surface area contributed by atoms with E-state index >= 15 is 0 Å². The number of nitrogens with one attached hydrogen (secondary N) is 1. The van der Waals surface area contributed by atoms with Gasteiger partial charge in [-0.25, -0.2) is 12.8 Å². The van der Waals surface area contributed by atoms with Crippen molar-refractivity contribution in [3.63, 3.8) is 0 Å². The van der Waals surface area contributed by atoms with E-state index in [0.717, 1.165) is 18.9 Å². The topological polar surface area (TPSA) is 92.5 Å². The zero-order valence-corrected chi connectivity index (χ0v) is 15.7. The first-order valence-electron chi connectivity index (χ1n) is 8.21. The Hall–Kier alpha value is -1.22. The largest absolute Gasteiger partial charge is 0.354 e. The third-order valence-electron chi connectivity index (χ3n) is 4.28. The lowest BCUT2D eigenvalue weighted by molar-refractivity contribution is -0.121. The molecular weight excluding hydrogens is 369 g/mol. The second-order valence-corrected chi connectivity index (χ2v) is 8.41. The van der Waals surface area contributed by atoms with E-state index < -0.39 is 15.8 Å². The first-order valence-corrected chi connectivity index (χ1v) is 10.0. The molecule has 2 rings (SSSR count). The molecule has 6 nitrogen and oxygen atoms in total. The zero-order chi connectivity index (χ0) is 18.6. The highest BCUT2D eigenvalue weighted by atomic mass is 35.5. The first kappa shape index (κ1) is 20.1. The summed E-state index contributed by atoms with van der Waals surface area (Å²) >= 11 is 5.99. The molecule has 1 aromatic carbocycles. The first-order chi connectivity index (χ1) is 11.8. The monoisotopic (exact) mass is 391 g/mol. The van der Waals surface area contributed by atoms with E-state index in [0.29, 0.717) is 13.0 Å². The van der Waals surface area contributed by atoms with E-state index in [1.807, 2.05) is 0 Å². The molecule has 1 saturated heterocycles.